The Morgan fingerprint density at radius 2 is 1.55 bits per heavy atom. The molecule has 5 heteroatoms. The highest BCUT2D eigenvalue weighted by atomic mass is 32.1. The summed E-state index contributed by atoms with van der Waals surface area (Å²) in [6, 6.07) is 27.7. The highest BCUT2D eigenvalue weighted by Gasteiger charge is 2.14. The Kier molecular flexibility index (Phi) is 7.36. The number of nitrogens with one attached hydrogen (secondary N) is 2. The van der Waals surface area contributed by atoms with E-state index in [1.807, 2.05) is 48.5 Å². The molecule has 0 amide bonds. The van der Waals surface area contributed by atoms with Crippen molar-refractivity contribution in [1.82, 2.24) is 5.32 Å². The minimum atomic E-state index is -0.327. The van der Waals surface area contributed by atoms with E-state index < -0.39 is 0 Å². The second-order valence-electron chi connectivity index (χ2n) is 6.55. The summed E-state index contributed by atoms with van der Waals surface area (Å²) in [5.41, 5.74) is 3.72. The van der Waals surface area contributed by atoms with Crippen molar-refractivity contribution in [3.05, 3.63) is 102 Å². The van der Waals surface area contributed by atoms with Crippen LogP contribution in [0.2, 0.25) is 0 Å². The Morgan fingerprint density at radius 3 is 2.17 bits per heavy atom. The van der Waals surface area contributed by atoms with E-state index in [-0.39, 0.29) is 12.0 Å². The molecule has 0 aliphatic rings. The van der Waals surface area contributed by atoms with Crippen LogP contribution >= 0.6 is 12.2 Å². The third kappa shape index (κ3) is 6.16. The van der Waals surface area contributed by atoms with E-state index in [0.29, 0.717) is 17.3 Å². The zero-order chi connectivity index (χ0) is 20.5. The number of rotatable bonds is 7. The van der Waals surface area contributed by atoms with Crippen LogP contribution in [0.1, 0.15) is 34.5 Å². The Balaban J connectivity index is 1.67. The SMILES string of the molecule is CCOC(=O)c1ccc(NC(=S)NC(Cc2ccccc2)c2ccccc2)cc1. The monoisotopic (exact) mass is 404 g/mol. The minimum Gasteiger partial charge on any atom is -0.462 e. The second kappa shape index (κ2) is 10.4. The molecule has 0 saturated heterocycles. The van der Waals surface area contributed by atoms with Crippen LogP contribution in [-0.2, 0) is 11.2 Å². The van der Waals surface area contributed by atoms with Crippen LogP contribution in [0.5, 0.6) is 0 Å². The van der Waals surface area contributed by atoms with E-state index >= 15 is 0 Å². The van der Waals surface area contributed by atoms with Gasteiger partial charge in [0.05, 0.1) is 18.2 Å². The largest absolute Gasteiger partial charge is 0.462 e. The Morgan fingerprint density at radius 1 is 0.931 bits per heavy atom. The van der Waals surface area contributed by atoms with Crippen molar-refractivity contribution in [3.8, 4) is 0 Å². The van der Waals surface area contributed by atoms with Crippen molar-refractivity contribution in [2.24, 2.45) is 0 Å². The van der Waals surface area contributed by atoms with Gasteiger partial charge in [-0.05, 0) is 61.0 Å². The molecule has 0 spiro atoms. The summed E-state index contributed by atoms with van der Waals surface area (Å²) >= 11 is 5.54. The summed E-state index contributed by atoms with van der Waals surface area (Å²) < 4.78 is 5.01. The lowest BCUT2D eigenvalue weighted by molar-refractivity contribution is 0.0526. The number of carbonyl (C=O) groups is 1. The molecule has 2 N–H and O–H groups in total. The first-order valence-corrected chi connectivity index (χ1v) is 10.00. The van der Waals surface area contributed by atoms with E-state index in [0.717, 1.165) is 17.7 Å². The lowest BCUT2D eigenvalue weighted by Crippen LogP contribution is -2.33. The Hall–Kier alpha value is -3.18. The van der Waals surface area contributed by atoms with Gasteiger partial charge < -0.3 is 15.4 Å². The zero-order valence-electron chi connectivity index (χ0n) is 16.3. The van der Waals surface area contributed by atoms with E-state index in [1.165, 1.54) is 5.56 Å². The van der Waals surface area contributed by atoms with Gasteiger partial charge in [-0.15, -0.1) is 0 Å². The molecular formula is C24H24N2O2S. The number of benzene rings is 3. The number of thiocarbonyl (C=S) groups is 1. The number of hydrogen-bond acceptors (Lipinski definition) is 3. The topological polar surface area (TPSA) is 50.4 Å². The molecule has 0 bridgehead atoms. The number of esters is 1. The van der Waals surface area contributed by atoms with Gasteiger partial charge in [0.2, 0.25) is 0 Å². The molecule has 0 saturated carbocycles. The maximum absolute atomic E-state index is 11.8. The molecule has 3 aromatic rings. The first kappa shape index (κ1) is 20.6. The highest BCUT2D eigenvalue weighted by Crippen LogP contribution is 2.19. The maximum atomic E-state index is 11.8. The Labute approximate surface area is 176 Å². The summed E-state index contributed by atoms with van der Waals surface area (Å²) in [7, 11) is 0. The molecule has 0 fully saturated rings. The fourth-order valence-electron chi connectivity index (χ4n) is 3.02. The molecule has 0 radical (unpaired) electrons. The maximum Gasteiger partial charge on any atom is 0.338 e. The minimum absolute atomic E-state index is 0.0393. The van der Waals surface area contributed by atoms with Gasteiger partial charge in [0.1, 0.15) is 0 Å². The number of carbonyl (C=O) groups excluding carboxylic acids is 1. The average Bonchev–Trinajstić information content (AvgIpc) is 2.75. The summed E-state index contributed by atoms with van der Waals surface area (Å²) in [6.07, 6.45) is 0.814. The van der Waals surface area contributed by atoms with Crippen molar-refractivity contribution in [2.45, 2.75) is 19.4 Å². The fourth-order valence-corrected chi connectivity index (χ4v) is 3.28. The van der Waals surface area contributed by atoms with Crippen LogP contribution in [-0.4, -0.2) is 17.7 Å². The van der Waals surface area contributed by atoms with Crippen LogP contribution in [0.25, 0.3) is 0 Å². The van der Waals surface area contributed by atoms with Gasteiger partial charge in [0.15, 0.2) is 5.11 Å². The molecule has 0 aromatic heterocycles. The molecule has 4 nitrogen and oxygen atoms in total. The van der Waals surface area contributed by atoms with Crippen LogP contribution in [0.15, 0.2) is 84.9 Å². The van der Waals surface area contributed by atoms with Crippen LogP contribution in [0.4, 0.5) is 5.69 Å². The molecule has 1 unspecified atom stereocenters. The van der Waals surface area contributed by atoms with Gasteiger partial charge in [-0.25, -0.2) is 4.79 Å². The van der Waals surface area contributed by atoms with Gasteiger partial charge in [-0.1, -0.05) is 60.7 Å². The number of anilines is 1. The van der Waals surface area contributed by atoms with Gasteiger partial charge in [-0.2, -0.15) is 0 Å². The molecule has 0 aliphatic heterocycles. The third-order valence-electron chi connectivity index (χ3n) is 4.44. The summed E-state index contributed by atoms with van der Waals surface area (Å²) in [5.74, 6) is -0.327. The van der Waals surface area contributed by atoms with Gasteiger partial charge in [0, 0.05) is 5.69 Å². The second-order valence-corrected chi connectivity index (χ2v) is 6.96. The fraction of sp³-hybridized carbons (Fsp3) is 0.167. The zero-order valence-corrected chi connectivity index (χ0v) is 17.1. The standard InChI is InChI=1S/C24H24N2O2S/c1-2-28-23(27)20-13-15-21(16-14-20)25-24(29)26-22(19-11-7-4-8-12-19)17-18-9-5-3-6-10-18/h3-16,22H,2,17H2,1H3,(H2,25,26,29). The van der Waals surface area contributed by atoms with Gasteiger partial charge in [0.25, 0.3) is 0 Å². The van der Waals surface area contributed by atoms with E-state index in [1.54, 1.807) is 19.1 Å². The molecule has 3 rings (SSSR count). The highest BCUT2D eigenvalue weighted by molar-refractivity contribution is 7.80. The predicted octanol–water partition coefficient (Wildman–Crippen LogP) is 5.13. The lowest BCUT2D eigenvalue weighted by Gasteiger charge is -2.22. The van der Waals surface area contributed by atoms with Crippen molar-refractivity contribution < 1.29 is 9.53 Å². The van der Waals surface area contributed by atoms with Crippen molar-refractivity contribution >= 4 is 29.0 Å². The molecule has 0 aliphatic carbocycles. The third-order valence-corrected chi connectivity index (χ3v) is 4.66. The summed E-state index contributed by atoms with van der Waals surface area (Å²) in [6.45, 7) is 2.14. The van der Waals surface area contributed by atoms with Crippen LogP contribution < -0.4 is 10.6 Å². The van der Waals surface area contributed by atoms with E-state index in [9.17, 15) is 4.79 Å². The van der Waals surface area contributed by atoms with E-state index in [4.69, 9.17) is 17.0 Å². The molecule has 29 heavy (non-hydrogen) atoms. The molecular weight excluding hydrogens is 380 g/mol. The summed E-state index contributed by atoms with van der Waals surface area (Å²) in [4.78, 5) is 11.8. The number of ether oxygens (including phenoxy) is 1. The molecule has 1 atom stereocenters. The van der Waals surface area contributed by atoms with E-state index in [2.05, 4.69) is 34.9 Å². The average molecular weight is 405 g/mol. The smallest absolute Gasteiger partial charge is 0.338 e. The summed E-state index contributed by atoms with van der Waals surface area (Å²) in [5, 5.41) is 7.14. The first-order valence-electron chi connectivity index (χ1n) is 9.59. The van der Waals surface area contributed by atoms with Crippen molar-refractivity contribution in [2.75, 3.05) is 11.9 Å². The lowest BCUT2D eigenvalue weighted by atomic mass is 9.99. The molecule has 3 aromatic carbocycles. The molecule has 148 valence electrons. The van der Waals surface area contributed by atoms with Crippen LogP contribution in [0, 0.1) is 0 Å². The first-order chi connectivity index (χ1) is 14.2. The predicted molar refractivity (Wildman–Crippen MR) is 121 cm³/mol. The van der Waals surface area contributed by atoms with Gasteiger partial charge in [-0.3, -0.25) is 0 Å². The molecule has 0 heterocycles. The number of hydrogen-bond donors (Lipinski definition) is 2. The van der Waals surface area contributed by atoms with Gasteiger partial charge >= 0.3 is 5.97 Å². The normalized spacial score (nSPS) is 11.3. The van der Waals surface area contributed by atoms with Crippen LogP contribution in [0.3, 0.4) is 0 Å². The van der Waals surface area contributed by atoms with Crippen molar-refractivity contribution in [3.63, 3.8) is 0 Å². The van der Waals surface area contributed by atoms with Crippen molar-refractivity contribution in [1.29, 1.82) is 0 Å². The Bertz CT molecular complexity index is 928. The quantitative estimate of drug-likeness (QED) is 0.422.